The molecule has 0 atom stereocenters. The van der Waals surface area contributed by atoms with Gasteiger partial charge in [0, 0.05) is 29.3 Å². The second kappa shape index (κ2) is 10.8. The summed E-state index contributed by atoms with van der Waals surface area (Å²) < 4.78 is 0. The summed E-state index contributed by atoms with van der Waals surface area (Å²) in [7, 11) is 4.21. The number of carbonyl (C=O) groups excluding carboxylic acids is 1. The highest BCUT2D eigenvalue weighted by Gasteiger charge is 2.22. The van der Waals surface area contributed by atoms with Crippen LogP contribution in [0.3, 0.4) is 0 Å². The summed E-state index contributed by atoms with van der Waals surface area (Å²) in [5.41, 5.74) is 2.85. The lowest BCUT2D eigenvalue weighted by Crippen LogP contribution is -2.35. The summed E-state index contributed by atoms with van der Waals surface area (Å²) >= 11 is 1.88. The van der Waals surface area contributed by atoms with Gasteiger partial charge in [0.15, 0.2) is 0 Å². The molecule has 148 valence electrons. The van der Waals surface area contributed by atoms with E-state index in [-0.39, 0.29) is 12.4 Å². The normalized spacial score (nSPS) is 13.4. The molecule has 0 N–H and O–H groups in total. The number of aryl methyl sites for hydroxylation is 1. The minimum Gasteiger partial charge on any atom is -0.337 e. The van der Waals surface area contributed by atoms with Gasteiger partial charge < -0.3 is 9.80 Å². The van der Waals surface area contributed by atoms with Gasteiger partial charge in [-0.3, -0.25) is 4.79 Å². The predicted molar refractivity (Wildman–Crippen MR) is 117 cm³/mol. The number of fused-ring (bicyclic) bond motifs is 1. The van der Waals surface area contributed by atoms with Gasteiger partial charge in [0.1, 0.15) is 0 Å². The maximum atomic E-state index is 12.5. The van der Waals surface area contributed by atoms with Crippen molar-refractivity contribution < 1.29 is 4.79 Å². The Hall–Kier alpha value is -1.36. The van der Waals surface area contributed by atoms with Crippen molar-refractivity contribution in [2.75, 3.05) is 20.6 Å². The summed E-state index contributed by atoms with van der Waals surface area (Å²) in [5, 5.41) is 0. The molecule has 1 aromatic heterocycles. The van der Waals surface area contributed by atoms with E-state index in [9.17, 15) is 4.79 Å². The Morgan fingerprint density at radius 2 is 1.93 bits per heavy atom. The lowest BCUT2D eigenvalue weighted by atomic mass is 10.0. The van der Waals surface area contributed by atoms with Gasteiger partial charge in [-0.1, -0.05) is 36.8 Å². The Morgan fingerprint density at radius 1 is 1.15 bits per heavy atom. The number of halogens is 1. The topological polar surface area (TPSA) is 23.6 Å². The van der Waals surface area contributed by atoms with Gasteiger partial charge in [0.25, 0.3) is 0 Å². The van der Waals surface area contributed by atoms with Gasteiger partial charge >= 0.3 is 0 Å². The Balaban J connectivity index is 0.00000261. The molecule has 3 rings (SSSR count). The zero-order valence-corrected chi connectivity index (χ0v) is 18.1. The predicted octanol–water partition coefficient (Wildman–Crippen LogP) is 4.92. The van der Waals surface area contributed by atoms with Crippen molar-refractivity contribution in [3.8, 4) is 0 Å². The second-order valence-electron chi connectivity index (χ2n) is 7.51. The van der Waals surface area contributed by atoms with Crippen molar-refractivity contribution in [3.63, 3.8) is 0 Å². The zero-order chi connectivity index (χ0) is 18.4. The van der Waals surface area contributed by atoms with Crippen molar-refractivity contribution in [3.05, 3.63) is 57.3 Å². The Kier molecular flexibility index (Phi) is 8.81. The molecule has 1 aliphatic heterocycles. The van der Waals surface area contributed by atoms with Crippen LogP contribution >= 0.6 is 23.7 Å². The molecule has 0 unspecified atom stereocenters. The molecule has 2 heterocycles. The number of hydrogen-bond acceptors (Lipinski definition) is 3. The first kappa shape index (κ1) is 21.9. The average Bonchev–Trinajstić information content (AvgIpc) is 3.02. The molecule has 2 aromatic rings. The maximum Gasteiger partial charge on any atom is 0.222 e. The van der Waals surface area contributed by atoms with Crippen molar-refractivity contribution in [1.29, 1.82) is 0 Å². The Labute approximate surface area is 173 Å². The number of amides is 1. The molecule has 5 heteroatoms. The number of rotatable bonds is 8. The molecule has 0 bridgehead atoms. The molecular formula is C22H31ClN2OS. The van der Waals surface area contributed by atoms with Crippen LogP contribution in [0, 0.1) is 0 Å². The molecule has 3 nitrogen and oxygen atoms in total. The number of carbonyl (C=O) groups is 1. The summed E-state index contributed by atoms with van der Waals surface area (Å²) in [5.74, 6) is 0.331. The van der Waals surface area contributed by atoms with Crippen molar-refractivity contribution in [2.24, 2.45) is 0 Å². The van der Waals surface area contributed by atoms with Crippen LogP contribution in [-0.2, 0) is 30.7 Å². The van der Waals surface area contributed by atoms with Crippen molar-refractivity contribution in [2.45, 2.75) is 51.6 Å². The first-order valence-electron chi connectivity index (χ1n) is 9.68. The molecule has 0 aliphatic carbocycles. The van der Waals surface area contributed by atoms with Crippen molar-refractivity contribution in [1.82, 2.24) is 9.80 Å². The lowest BCUT2D eigenvalue weighted by molar-refractivity contribution is -0.132. The van der Waals surface area contributed by atoms with E-state index in [1.54, 1.807) is 0 Å². The van der Waals surface area contributed by atoms with E-state index in [4.69, 9.17) is 0 Å². The van der Waals surface area contributed by atoms with Gasteiger partial charge in [-0.05, 0) is 57.0 Å². The zero-order valence-electron chi connectivity index (χ0n) is 16.4. The molecule has 1 aromatic carbocycles. The molecule has 0 saturated heterocycles. The quantitative estimate of drug-likeness (QED) is 0.581. The van der Waals surface area contributed by atoms with Crippen molar-refractivity contribution >= 4 is 29.7 Å². The van der Waals surface area contributed by atoms with E-state index in [1.165, 1.54) is 27.3 Å². The van der Waals surface area contributed by atoms with Gasteiger partial charge in [0.05, 0.1) is 6.54 Å². The van der Waals surface area contributed by atoms with E-state index in [2.05, 4.69) is 60.3 Å². The highest BCUT2D eigenvalue weighted by molar-refractivity contribution is 7.12. The smallest absolute Gasteiger partial charge is 0.222 e. The molecule has 1 aliphatic rings. The fourth-order valence-electron chi connectivity index (χ4n) is 3.57. The molecule has 0 spiro atoms. The monoisotopic (exact) mass is 406 g/mol. The summed E-state index contributed by atoms with van der Waals surface area (Å²) in [6.07, 6.45) is 6.13. The van der Waals surface area contributed by atoms with Crippen LogP contribution in [0.25, 0.3) is 0 Å². The first-order chi connectivity index (χ1) is 12.6. The summed E-state index contributed by atoms with van der Waals surface area (Å²) in [6.45, 7) is 2.69. The van der Waals surface area contributed by atoms with Gasteiger partial charge in [-0.25, -0.2) is 0 Å². The third-order valence-corrected chi connectivity index (χ3v) is 6.10. The van der Waals surface area contributed by atoms with Gasteiger partial charge in [-0.15, -0.1) is 23.7 Å². The molecule has 0 radical (unpaired) electrons. The number of thiophene rings is 1. The molecule has 0 saturated carbocycles. The number of unbranched alkanes of at least 4 members (excludes halogenated alkanes) is 2. The number of hydrogen-bond donors (Lipinski definition) is 0. The van der Waals surface area contributed by atoms with Crippen LogP contribution in [0.1, 0.15) is 46.6 Å². The van der Waals surface area contributed by atoms with Crippen LogP contribution in [0.5, 0.6) is 0 Å². The average molecular weight is 407 g/mol. The second-order valence-corrected chi connectivity index (χ2v) is 8.73. The minimum absolute atomic E-state index is 0. The highest BCUT2D eigenvalue weighted by Crippen LogP contribution is 2.29. The number of nitrogens with zero attached hydrogens (tertiary/aromatic N) is 2. The minimum atomic E-state index is 0. The number of benzene rings is 1. The third kappa shape index (κ3) is 6.63. The van der Waals surface area contributed by atoms with E-state index >= 15 is 0 Å². The molecule has 27 heavy (non-hydrogen) atoms. The Morgan fingerprint density at radius 3 is 2.67 bits per heavy atom. The van der Waals surface area contributed by atoms with E-state index < -0.39 is 0 Å². The van der Waals surface area contributed by atoms with Crippen LogP contribution in [0.2, 0.25) is 0 Å². The van der Waals surface area contributed by atoms with E-state index in [0.717, 1.165) is 45.3 Å². The largest absolute Gasteiger partial charge is 0.337 e. The van der Waals surface area contributed by atoms with Gasteiger partial charge in [-0.2, -0.15) is 0 Å². The van der Waals surface area contributed by atoms with E-state index in [1.807, 2.05) is 11.3 Å². The van der Waals surface area contributed by atoms with Crippen LogP contribution in [-0.4, -0.2) is 36.3 Å². The molecule has 0 fully saturated rings. The third-order valence-electron chi connectivity index (χ3n) is 4.96. The summed E-state index contributed by atoms with van der Waals surface area (Å²) in [4.78, 5) is 19.6. The van der Waals surface area contributed by atoms with Crippen LogP contribution in [0.4, 0.5) is 0 Å². The lowest BCUT2D eigenvalue weighted by Gasteiger charge is -2.27. The molecule has 1 amide bonds. The molecular weight excluding hydrogens is 376 g/mol. The fourth-order valence-corrected chi connectivity index (χ4v) is 4.92. The summed E-state index contributed by atoms with van der Waals surface area (Å²) in [6, 6.07) is 13.0. The van der Waals surface area contributed by atoms with Crippen LogP contribution < -0.4 is 0 Å². The van der Waals surface area contributed by atoms with Gasteiger partial charge in [0.2, 0.25) is 5.91 Å². The SMILES string of the molecule is CN(C)Cc1cc2c(s1)CN(C(=O)CCCCCc1ccccc1)CC2.Cl. The van der Waals surface area contributed by atoms with E-state index in [0.29, 0.717) is 12.3 Å². The standard InChI is InChI=1S/C22H30N2OS.ClH/c1-23(2)16-20-15-19-13-14-24(17-21(19)26-20)22(25)12-8-4-7-11-18-9-5-3-6-10-18;/h3,5-6,9-10,15H,4,7-8,11-14,16-17H2,1-2H3;1H. The van der Waals surface area contributed by atoms with Crippen LogP contribution in [0.15, 0.2) is 36.4 Å². The first-order valence-corrected chi connectivity index (χ1v) is 10.5. The highest BCUT2D eigenvalue weighted by atomic mass is 35.5. The Bertz CT molecular complexity index is 714. The fraction of sp³-hybridized carbons (Fsp3) is 0.500. The maximum absolute atomic E-state index is 12.5.